The monoisotopic (exact) mass is 426 g/mol. The Hall–Kier alpha value is -2.69. The zero-order chi connectivity index (χ0) is 21.9. The molecule has 3 N–H and O–H groups in total. The molecule has 3 nitrogen and oxygen atoms in total. The van der Waals surface area contributed by atoms with E-state index in [0.717, 1.165) is 5.56 Å². The predicted octanol–water partition coefficient (Wildman–Crippen LogP) is 4.69. The molecule has 1 atom stereocenters. The maximum Gasteiger partial charge on any atom is 0.422 e. The summed E-state index contributed by atoms with van der Waals surface area (Å²) in [6.07, 6.45) is -5.04. The van der Waals surface area contributed by atoms with Gasteiger partial charge in [-0.05, 0) is 37.0 Å². The van der Waals surface area contributed by atoms with E-state index in [-0.39, 0.29) is 6.42 Å². The van der Waals surface area contributed by atoms with E-state index >= 15 is 0 Å². The van der Waals surface area contributed by atoms with Gasteiger partial charge in [0.1, 0.15) is 17.1 Å². The molecule has 0 aliphatic heterocycles. The number of amides is 1. The summed E-state index contributed by atoms with van der Waals surface area (Å²) in [7, 11) is 0. The molecular formula is C18H14F8N2O. The number of anilines is 1. The molecule has 0 aromatic heterocycles. The molecule has 0 aliphatic carbocycles. The lowest BCUT2D eigenvalue weighted by molar-refractivity contribution is -0.143. The summed E-state index contributed by atoms with van der Waals surface area (Å²) in [5.74, 6) is -11.9. The number of benzene rings is 2. The molecular weight excluding hydrogens is 412 g/mol. The molecule has 1 unspecified atom stereocenters. The molecule has 0 aliphatic rings. The molecule has 0 bridgehead atoms. The van der Waals surface area contributed by atoms with Crippen LogP contribution in [0.5, 0.6) is 0 Å². The summed E-state index contributed by atoms with van der Waals surface area (Å²) in [5, 5.41) is 1.48. The van der Waals surface area contributed by atoms with Gasteiger partial charge >= 0.3 is 6.18 Å². The number of halogens is 8. The minimum Gasteiger partial charge on any atom is -0.320 e. The van der Waals surface area contributed by atoms with Gasteiger partial charge < -0.3 is 11.1 Å². The molecule has 11 heteroatoms. The molecule has 2 rings (SSSR count). The second-order valence-corrected chi connectivity index (χ2v) is 6.12. The molecule has 0 radical (unpaired) electrons. The number of nitrogens with one attached hydrogen (secondary N) is 1. The zero-order valence-corrected chi connectivity index (χ0v) is 14.5. The van der Waals surface area contributed by atoms with Crippen molar-refractivity contribution in [2.24, 2.45) is 5.73 Å². The van der Waals surface area contributed by atoms with Gasteiger partial charge in [0, 0.05) is 0 Å². The summed E-state index contributed by atoms with van der Waals surface area (Å²) in [5.41, 5.74) is 1.83. The van der Waals surface area contributed by atoms with Crippen LogP contribution in [0.25, 0.3) is 0 Å². The van der Waals surface area contributed by atoms with E-state index in [1.165, 1.54) is 29.6 Å². The first-order valence-corrected chi connectivity index (χ1v) is 8.17. The summed E-state index contributed by atoms with van der Waals surface area (Å²) in [4.78, 5) is 11.9. The number of nitrogens with two attached hydrogens (primary N) is 1. The Balaban J connectivity index is 2.08. The van der Waals surface area contributed by atoms with Crippen LogP contribution in [-0.4, -0.2) is 11.9 Å². The van der Waals surface area contributed by atoms with E-state index in [4.69, 9.17) is 5.73 Å². The average molecular weight is 426 g/mol. The average Bonchev–Trinajstić information content (AvgIpc) is 2.64. The third-order valence-electron chi connectivity index (χ3n) is 4.03. The number of aryl methyl sites for hydroxylation is 1. The second-order valence-electron chi connectivity index (χ2n) is 6.12. The van der Waals surface area contributed by atoms with Gasteiger partial charge in [0.25, 0.3) is 0 Å². The van der Waals surface area contributed by atoms with Crippen LogP contribution in [0.15, 0.2) is 24.3 Å². The number of alkyl halides is 3. The topological polar surface area (TPSA) is 55.1 Å². The van der Waals surface area contributed by atoms with E-state index in [1.54, 1.807) is 0 Å². The summed E-state index contributed by atoms with van der Waals surface area (Å²) in [6.45, 7) is 0. The minimum atomic E-state index is -5.69. The third kappa shape index (κ3) is 5.22. The first-order chi connectivity index (χ1) is 13.4. The number of hydrogen-bond donors (Lipinski definition) is 2. The Kier molecular flexibility index (Phi) is 6.83. The van der Waals surface area contributed by atoms with E-state index in [9.17, 15) is 39.9 Å². The molecule has 0 saturated carbocycles. The lowest BCUT2D eigenvalue weighted by Gasteiger charge is -2.16. The number of carbonyl (C=O) groups excluding carboxylic acids is 1. The lowest BCUT2D eigenvalue weighted by Crippen LogP contribution is -2.36. The third-order valence-corrected chi connectivity index (χ3v) is 4.03. The van der Waals surface area contributed by atoms with Gasteiger partial charge in [-0.1, -0.05) is 12.1 Å². The van der Waals surface area contributed by atoms with Crippen molar-refractivity contribution >= 4 is 11.6 Å². The van der Waals surface area contributed by atoms with Gasteiger partial charge in [-0.15, -0.1) is 0 Å². The van der Waals surface area contributed by atoms with Crippen LogP contribution in [0.1, 0.15) is 24.0 Å². The maximum atomic E-state index is 13.8. The highest BCUT2D eigenvalue weighted by molar-refractivity contribution is 5.95. The Bertz CT molecular complexity index is 867. The van der Waals surface area contributed by atoms with E-state index in [0.29, 0.717) is 12.8 Å². The van der Waals surface area contributed by atoms with Crippen LogP contribution in [0, 0.1) is 29.1 Å². The van der Waals surface area contributed by atoms with Crippen molar-refractivity contribution < 1.29 is 39.9 Å². The second kappa shape index (κ2) is 8.76. The molecule has 0 saturated heterocycles. The summed E-state index contributed by atoms with van der Waals surface area (Å²) < 4.78 is 105. The van der Waals surface area contributed by atoms with Crippen molar-refractivity contribution in [3.8, 4) is 0 Å². The van der Waals surface area contributed by atoms with Crippen LogP contribution in [0.3, 0.4) is 0 Å². The quantitative estimate of drug-likeness (QED) is 0.520. The van der Waals surface area contributed by atoms with Crippen molar-refractivity contribution in [2.45, 2.75) is 31.5 Å². The van der Waals surface area contributed by atoms with Crippen LogP contribution >= 0.6 is 0 Å². The zero-order valence-electron chi connectivity index (χ0n) is 14.5. The fourth-order valence-electron chi connectivity index (χ4n) is 2.51. The molecule has 1 amide bonds. The summed E-state index contributed by atoms with van der Waals surface area (Å²) >= 11 is 0. The molecule has 0 spiro atoms. The molecule has 2 aromatic carbocycles. The van der Waals surface area contributed by atoms with Gasteiger partial charge in [0.15, 0.2) is 23.3 Å². The SMILES string of the molecule is NC(CCCc1ccc(F)cc1)C(=O)Nc1c(F)c(F)c(C(F)(F)F)c(F)c1F. The Morgan fingerprint density at radius 1 is 0.931 bits per heavy atom. The van der Waals surface area contributed by atoms with Crippen molar-refractivity contribution in [3.05, 3.63) is 64.5 Å². The number of rotatable bonds is 6. The normalized spacial score (nSPS) is 12.7. The van der Waals surface area contributed by atoms with Crippen LogP contribution in [0.4, 0.5) is 40.8 Å². The van der Waals surface area contributed by atoms with Crippen molar-refractivity contribution in [1.29, 1.82) is 0 Å². The highest BCUT2D eigenvalue weighted by Gasteiger charge is 2.42. The Labute approximate surface area is 159 Å². The van der Waals surface area contributed by atoms with E-state index in [2.05, 4.69) is 0 Å². The standard InChI is InChI=1S/C18H14F8N2O/c19-9-6-4-8(5-7-9)2-1-3-10(27)17(29)28-16-14(22)12(20)11(18(24,25)26)13(21)15(16)23/h4-7,10H,1-3,27H2,(H,28,29). The minimum absolute atomic E-state index is 0.0297. The highest BCUT2D eigenvalue weighted by atomic mass is 19.4. The molecule has 29 heavy (non-hydrogen) atoms. The van der Waals surface area contributed by atoms with Gasteiger partial charge in [0.2, 0.25) is 5.91 Å². The molecule has 158 valence electrons. The smallest absolute Gasteiger partial charge is 0.320 e. The van der Waals surface area contributed by atoms with Crippen LogP contribution < -0.4 is 11.1 Å². The fraction of sp³-hybridized carbons (Fsp3) is 0.278. The largest absolute Gasteiger partial charge is 0.422 e. The number of hydrogen-bond acceptors (Lipinski definition) is 2. The van der Waals surface area contributed by atoms with Crippen molar-refractivity contribution in [3.63, 3.8) is 0 Å². The molecule has 2 aromatic rings. The maximum absolute atomic E-state index is 13.8. The van der Waals surface area contributed by atoms with Gasteiger partial charge in [-0.25, -0.2) is 22.0 Å². The molecule has 0 heterocycles. The summed E-state index contributed by atoms with van der Waals surface area (Å²) in [6, 6.07) is 4.07. The van der Waals surface area contributed by atoms with Gasteiger partial charge in [-0.2, -0.15) is 13.2 Å². The van der Waals surface area contributed by atoms with Crippen LogP contribution in [0.2, 0.25) is 0 Å². The van der Waals surface area contributed by atoms with E-state index < -0.39 is 58.5 Å². The highest BCUT2D eigenvalue weighted by Crippen LogP contribution is 2.38. The van der Waals surface area contributed by atoms with Gasteiger partial charge in [-0.3, -0.25) is 4.79 Å². The fourth-order valence-corrected chi connectivity index (χ4v) is 2.51. The Morgan fingerprint density at radius 2 is 1.45 bits per heavy atom. The first kappa shape index (κ1) is 22.6. The molecule has 0 fully saturated rings. The van der Waals surface area contributed by atoms with Gasteiger partial charge in [0.05, 0.1) is 6.04 Å². The first-order valence-electron chi connectivity index (χ1n) is 8.17. The Morgan fingerprint density at radius 3 is 1.93 bits per heavy atom. The predicted molar refractivity (Wildman–Crippen MR) is 87.2 cm³/mol. The van der Waals surface area contributed by atoms with Crippen molar-refractivity contribution in [1.82, 2.24) is 0 Å². The van der Waals surface area contributed by atoms with Crippen LogP contribution in [-0.2, 0) is 17.4 Å². The van der Waals surface area contributed by atoms with E-state index in [1.807, 2.05) is 0 Å². The van der Waals surface area contributed by atoms with Crippen molar-refractivity contribution in [2.75, 3.05) is 5.32 Å². The number of carbonyl (C=O) groups is 1. The lowest BCUT2D eigenvalue weighted by atomic mass is 10.0.